The lowest BCUT2D eigenvalue weighted by Crippen LogP contribution is -1.98. The summed E-state index contributed by atoms with van der Waals surface area (Å²) in [7, 11) is 0. The van der Waals surface area contributed by atoms with Crippen LogP contribution >= 0.6 is 11.6 Å². The standard InChI is InChI=1S/C15H14ClF2NO/c1-2-4-11-7-10(9-16)8-14(19-11)20-13-6-3-5-12(17)15(13)18/h3,5-8H,2,4,9H2,1H3. The summed E-state index contributed by atoms with van der Waals surface area (Å²) >= 11 is 5.81. The second-order valence-electron chi connectivity index (χ2n) is 4.34. The summed E-state index contributed by atoms with van der Waals surface area (Å²) in [5.74, 6) is -1.64. The number of hydrogen-bond acceptors (Lipinski definition) is 2. The highest BCUT2D eigenvalue weighted by Crippen LogP contribution is 2.26. The van der Waals surface area contributed by atoms with Gasteiger partial charge in [0.05, 0.1) is 0 Å². The molecule has 0 fully saturated rings. The van der Waals surface area contributed by atoms with Crippen LogP contribution in [0.3, 0.4) is 0 Å². The Hall–Kier alpha value is -1.68. The van der Waals surface area contributed by atoms with E-state index in [1.54, 1.807) is 6.07 Å². The zero-order valence-electron chi connectivity index (χ0n) is 11.0. The van der Waals surface area contributed by atoms with E-state index in [0.717, 1.165) is 30.2 Å². The maximum absolute atomic E-state index is 13.6. The molecule has 0 aliphatic heterocycles. The van der Waals surface area contributed by atoms with Gasteiger partial charge in [0.2, 0.25) is 11.7 Å². The summed E-state index contributed by atoms with van der Waals surface area (Å²) in [5.41, 5.74) is 1.65. The Morgan fingerprint density at radius 3 is 2.75 bits per heavy atom. The van der Waals surface area contributed by atoms with Crippen LogP contribution in [-0.2, 0) is 12.3 Å². The molecule has 0 atom stereocenters. The zero-order chi connectivity index (χ0) is 14.5. The predicted octanol–water partition coefficient (Wildman–Crippen LogP) is 4.84. The smallest absolute Gasteiger partial charge is 0.219 e. The lowest BCUT2D eigenvalue weighted by Gasteiger charge is -2.09. The van der Waals surface area contributed by atoms with Gasteiger partial charge in [0, 0.05) is 17.6 Å². The van der Waals surface area contributed by atoms with E-state index < -0.39 is 11.6 Å². The first-order valence-electron chi connectivity index (χ1n) is 6.31. The van der Waals surface area contributed by atoms with Crippen LogP contribution in [0.25, 0.3) is 0 Å². The molecule has 0 amide bonds. The van der Waals surface area contributed by atoms with Crippen LogP contribution in [0.15, 0.2) is 30.3 Å². The molecule has 1 heterocycles. The molecular weight excluding hydrogens is 284 g/mol. The summed E-state index contributed by atoms with van der Waals surface area (Å²) in [6.45, 7) is 2.03. The van der Waals surface area contributed by atoms with Crippen molar-refractivity contribution < 1.29 is 13.5 Å². The third kappa shape index (κ3) is 3.45. The van der Waals surface area contributed by atoms with Crippen molar-refractivity contribution in [1.29, 1.82) is 0 Å². The lowest BCUT2D eigenvalue weighted by molar-refractivity contribution is 0.404. The molecule has 1 aromatic carbocycles. The van der Waals surface area contributed by atoms with Crippen molar-refractivity contribution in [3.63, 3.8) is 0 Å². The van der Waals surface area contributed by atoms with Crippen LogP contribution in [0.4, 0.5) is 8.78 Å². The van der Waals surface area contributed by atoms with Gasteiger partial charge in [0.15, 0.2) is 11.6 Å². The third-order valence-corrected chi connectivity index (χ3v) is 3.01. The molecule has 0 saturated heterocycles. The minimum Gasteiger partial charge on any atom is -0.436 e. The number of ether oxygens (including phenoxy) is 1. The van der Waals surface area contributed by atoms with Crippen molar-refractivity contribution in [1.82, 2.24) is 4.98 Å². The van der Waals surface area contributed by atoms with Crippen molar-refractivity contribution in [2.24, 2.45) is 0 Å². The Labute approximate surface area is 121 Å². The average molecular weight is 298 g/mol. The maximum atomic E-state index is 13.6. The van der Waals surface area contributed by atoms with Crippen LogP contribution in [-0.4, -0.2) is 4.98 Å². The first kappa shape index (κ1) is 14.7. The monoisotopic (exact) mass is 297 g/mol. The largest absolute Gasteiger partial charge is 0.436 e. The van der Waals surface area contributed by atoms with E-state index in [1.165, 1.54) is 12.1 Å². The van der Waals surface area contributed by atoms with E-state index in [2.05, 4.69) is 4.98 Å². The van der Waals surface area contributed by atoms with Crippen molar-refractivity contribution in [3.05, 3.63) is 53.2 Å². The zero-order valence-corrected chi connectivity index (χ0v) is 11.8. The number of aromatic nitrogens is 1. The SMILES string of the molecule is CCCc1cc(CCl)cc(Oc2cccc(F)c2F)n1. The molecule has 0 aliphatic rings. The average Bonchev–Trinajstić information content (AvgIpc) is 2.44. The first-order valence-corrected chi connectivity index (χ1v) is 6.85. The lowest BCUT2D eigenvalue weighted by atomic mass is 10.2. The molecule has 0 bridgehead atoms. The van der Waals surface area contributed by atoms with Gasteiger partial charge >= 0.3 is 0 Å². The Morgan fingerprint density at radius 1 is 1.25 bits per heavy atom. The summed E-state index contributed by atoms with van der Waals surface area (Å²) in [4.78, 5) is 4.27. The maximum Gasteiger partial charge on any atom is 0.219 e. The van der Waals surface area contributed by atoms with Gasteiger partial charge in [0.1, 0.15) is 0 Å². The summed E-state index contributed by atoms with van der Waals surface area (Å²) in [5, 5.41) is 0. The Bertz CT molecular complexity index is 604. The van der Waals surface area contributed by atoms with E-state index in [0.29, 0.717) is 5.88 Å². The molecule has 0 N–H and O–H groups in total. The highest BCUT2D eigenvalue weighted by molar-refractivity contribution is 6.17. The normalized spacial score (nSPS) is 10.6. The van der Waals surface area contributed by atoms with E-state index in [9.17, 15) is 8.78 Å². The van der Waals surface area contributed by atoms with Gasteiger partial charge in [-0.1, -0.05) is 19.4 Å². The van der Waals surface area contributed by atoms with Gasteiger partial charge in [-0.25, -0.2) is 9.37 Å². The molecule has 5 heteroatoms. The van der Waals surface area contributed by atoms with Crippen molar-refractivity contribution in [2.75, 3.05) is 0 Å². The molecule has 2 aromatic rings. The van der Waals surface area contributed by atoms with Crippen molar-refractivity contribution >= 4 is 11.6 Å². The third-order valence-electron chi connectivity index (χ3n) is 2.71. The molecule has 0 spiro atoms. The van der Waals surface area contributed by atoms with Crippen molar-refractivity contribution in [3.8, 4) is 11.6 Å². The van der Waals surface area contributed by atoms with Gasteiger partial charge < -0.3 is 4.74 Å². The molecule has 2 nitrogen and oxygen atoms in total. The fourth-order valence-corrected chi connectivity index (χ4v) is 1.96. The highest BCUT2D eigenvalue weighted by Gasteiger charge is 2.11. The fourth-order valence-electron chi connectivity index (χ4n) is 1.81. The highest BCUT2D eigenvalue weighted by atomic mass is 35.5. The van der Waals surface area contributed by atoms with Crippen molar-refractivity contribution in [2.45, 2.75) is 25.6 Å². The first-order chi connectivity index (χ1) is 9.63. The molecule has 0 aliphatic carbocycles. The number of nitrogens with zero attached hydrogens (tertiary/aromatic N) is 1. The van der Waals surface area contributed by atoms with Crippen LogP contribution in [0.2, 0.25) is 0 Å². The number of pyridine rings is 1. The van der Waals surface area contributed by atoms with Crippen LogP contribution in [0.5, 0.6) is 11.6 Å². The van der Waals surface area contributed by atoms with Crippen LogP contribution in [0.1, 0.15) is 24.6 Å². The number of rotatable bonds is 5. The second-order valence-corrected chi connectivity index (χ2v) is 4.61. The van der Waals surface area contributed by atoms with Gasteiger partial charge in [-0.3, -0.25) is 0 Å². The second kappa shape index (κ2) is 6.66. The topological polar surface area (TPSA) is 22.1 Å². The van der Waals surface area contributed by atoms with Gasteiger partial charge in [-0.05, 0) is 30.2 Å². The molecule has 2 rings (SSSR count). The Morgan fingerprint density at radius 2 is 2.05 bits per heavy atom. The fraction of sp³-hybridized carbons (Fsp3) is 0.267. The molecule has 0 saturated carbocycles. The van der Waals surface area contributed by atoms with Crippen LogP contribution < -0.4 is 4.74 Å². The summed E-state index contributed by atoms with van der Waals surface area (Å²) < 4.78 is 32.0. The molecule has 0 unspecified atom stereocenters. The van der Waals surface area contributed by atoms with E-state index in [-0.39, 0.29) is 11.6 Å². The van der Waals surface area contributed by atoms with E-state index in [1.807, 2.05) is 13.0 Å². The Kier molecular flexibility index (Phi) is 4.90. The van der Waals surface area contributed by atoms with E-state index >= 15 is 0 Å². The number of alkyl halides is 1. The Balaban J connectivity index is 2.32. The van der Waals surface area contributed by atoms with E-state index in [4.69, 9.17) is 16.3 Å². The van der Waals surface area contributed by atoms with Gasteiger partial charge in [-0.15, -0.1) is 11.6 Å². The molecule has 1 aromatic heterocycles. The van der Waals surface area contributed by atoms with Crippen LogP contribution in [0, 0.1) is 11.6 Å². The molecular formula is C15H14ClF2NO. The minimum absolute atomic E-state index is 0.188. The molecule has 20 heavy (non-hydrogen) atoms. The van der Waals surface area contributed by atoms with Gasteiger partial charge in [-0.2, -0.15) is 4.39 Å². The minimum atomic E-state index is -1.03. The number of benzene rings is 1. The summed E-state index contributed by atoms with van der Waals surface area (Å²) in [6.07, 6.45) is 1.69. The number of hydrogen-bond donors (Lipinski definition) is 0. The predicted molar refractivity (Wildman–Crippen MR) is 74.2 cm³/mol. The molecule has 106 valence electrons. The number of halogens is 3. The van der Waals surface area contributed by atoms with Gasteiger partial charge in [0.25, 0.3) is 0 Å². The molecule has 0 radical (unpaired) electrons. The quantitative estimate of drug-likeness (QED) is 0.736. The summed E-state index contributed by atoms with van der Waals surface area (Å²) in [6, 6.07) is 7.27. The number of aryl methyl sites for hydroxylation is 1.